The van der Waals surface area contributed by atoms with Gasteiger partial charge in [-0.05, 0) is 38.1 Å². The lowest BCUT2D eigenvalue weighted by Crippen LogP contribution is -2.47. The van der Waals surface area contributed by atoms with Crippen LogP contribution in [0, 0.1) is 0 Å². The van der Waals surface area contributed by atoms with Crippen molar-refractivity contribution in [3.63, 3.8) is 0 Å². The van der Waals surface area contributed by atoms with Gasteiger partial charge in [-0.2, -0.15) is 0 Å². The molecule has 2 heterocycles. The van der Waals surface area contributed by atoms with Crippen molar-refractivity contribution in [3.05, 3.63) is 48.6 Å². The third-order valence-electron chi connectivity index (χ3n) is 5.18. The van der Waals surface area contributed by atoms with E-state index in [0.717, 1.165) is 36.6 Å². The second-order valence-corrected chi connectivity index (χ2v) is 10.3. The van der Waals surface area contributed by atoms with Gasteiger partial charge in [0.2, 0.25) is 10.0 Å². The first-order valence-corrected chi connectivity index (χ1v) is 13.4. The molecule has 3 rings (SSSR count). The summed E-state index contributed by atoms with van der Waals surface area (Å²) in [5.41, 5.74) is 7.55. The van der Waals surface area contributed by atoms with E-state index in [1.165, 1.54) is 12.5 Å². The van der Waals surface area contributed by atoms with E-state index >= 15 is 0 Å². The smallest absolute Gasteiger partial charge is 0.208 e. The van der Waals surface area contributed by atoms with Gasteiger partial charge in [-0.25, -0.2) is 23.1 Å². The summed E-state index contributed by atoms with van der Waals surface area (Å²) in [6, 6.07) is 7.80. The molecule has 36 heavy (non-hydrogen) atoms. The third-order valence-corrected chi connectivity index (χ3v) is 5.91. The number of nitrogens with two attached hydrogens (primary N) is 1. The molecule has 1 aliphatic rings. The molecule has 0 spiro atoms. The van der Waals surface area contributed by atoms with Crippen LogP contribution in [0.5, 0.6) is 5.75 Å². The standard InChI is InChI=1S/C23H34N8O4S/c1-17(2)35-20-7-5-19(6-8-20)29-18(3)30-10-12-31(13-11-30)23-21(22(24)25-16-26-23)15-27-34-14-9-28-36(4,32)33/h5-8,15-17,28-29H,3,9-14H2,1-2,4H3,(H2,24,25,26)/b27-15-. The molecule has 13 heteroatoms. The Morgan fingerprint density at radius 3 is 2.56 bits per heavy atom. The second-order valence-electron chi connectivity index (χ2n) is 8.47. The van der Waals surface area contributed by atoms with Gasteiger partial charge in [-0.1, -0.05) is 11.7 Å². The van der Waals surface area contributed by atoms with Gasteiger partial charge in [0.15, 0.2) is 0 Å². The van der Waals surface area contributed by atoms with Crippen LogP contribution in [0.4, 0.5) is 17.3 Å². The zero-order chi connectivity index (χ0) is 26.1. The van der Waals surface area contributed by atoms with Gasteiger partial charge in [0.05, 0.1) is 30.0 Å². The van der Waals surface area contributed by atoms with E-state index in [4.69, 9.17) is 15.3 Å². The normalized spacial score (nSPS) is 14.3. The van der Waals surface area contributed by atoms with Crippen LogP contribution < -0.4 is 25.4 Å². The number of piperazine rings is 1. The molecule has 4 N–H and O–H groups in total. The van der Waals surface area contributed by atoms with Crippen LogP contribution in [0.25, 0.3) is 0 Å². The van der Waals surface area contributed by atoms with Gasteiger partial charge in [0, 0.05) is 38.4 Å². The van der Waals surface area contributed by atoms with Crippen molar-refractivity contribution in [2.45, 2.75) is 20.0 Å². The highest BCUT2D eigenvalue weighted by Gasteiger charge is 2.22. The largest absolute Gasteiger partial charge is 0.491 e. The fourth-order valence-corrected chi connectivity index (χ4v) is 3.97. The zero-order valence-corrected chi connectivity index (χ0v) is 21.7. The topological polar surface area (TPSA) is 147 Å². The molecule has 1 aromatic carbocycles. The van der Waals surface area contributed by atoms with Crippen molar-refractivity contribution in [2.75, 3.05) is 61.5 Å². The van der Waals surface area contributed by atoms with Crippen molar-refractivity contribution < 1.29 is 18.0 Å². The number of oxime groups is 1. The highest BCUT2D eigenvalue weighted by molar-refractivity contribution is 7.88. The zero-order valence-electron chi connectivity index (χ0n) is 20.8. The van der Waals surface area contributed by atoms with Crippen LogP contribution in [-0.2, 0) is 14.9 Å². The molecule has 2 aromatic rings. The number of benzene rings is 1. The minimum atomic E-state index is -3.27. The Morgan fingerprint density at radius 2 is 1.92 bits per heavy atom. The molecule has 0 saturated carbocycles. The van der Waals surface area contributed by atoms with Gasteiger partial charge in [-0.3, -0.25) is 0 Å². The molecule has 12 nitrogen and oxygen atoms in total. The number of hydrogen-bond acceptors (Lipinski definition) is 11. The van der Waals surface area contributed by atoms with Crippen molar-refractivity contribution in [3.8, 4) is 5.75 Å². The van der Waals surface area contributed by atoms with Crippen LogP contribution in [0.1, 0.15) is 19.4 Å². The summed E-state index contributed by atoms with van der Waals surface area (Å²) in [7, 11) is -3.27. The van der Waals surface area contributed by atoms with Gasteiger partial charge in [-0.15, -0.1) is 0 Å². The van der Waals surface area contributed by atoms with E-state index in [0.29, 0.717) is 24.5 Å². The lowest BCUT2D eigenvalue weighted by Gasteiger charge is -2.38. The van der Waals surface area contributed by atoms with E-state index in [1.54, 1.807) is 0 Å². The molecule has 0 aliphatic carbocycles. The number of nitrogens with zero attached hydrogens (tertiary/aromatic N) is 5. The number of ether oxygens (including phenoxy) is 1. The molecule has 0 radical (unpaired) electrons. The SMILES string of the molecule is C=C(Nc1ccc(OC(C)C)cc1)N1CCN(c2ncnc(N)c2/C=N\OCCNS(C)(=O)=O)CC1. The fraction of sp³-hybridized carbons (Fsp3) is 0.435. The number of rotatable bonds is 12. The summed E-state index contributed by atoms with van der Waals surface area (Å²) in [6.45, 7) is 11.2. The average molecular weight is 519 g/mol. The minimum absolute atomic E-state index is 0.0771. The van der Waals surface area contributed by atoms with Gasteiger partial charge >= 0.3 is 0 Å². The Balaban J connectivity index is 1.54. The molecule has 0 bridgehead atoms. The Hall–Kier alpha value is -3.58. The summed E-state index contributed by atoms with van der Waals surface area (Å²) in [6.07, 6.45) is 4.07. The van der Waals surface area contributed by atoms with Crippen molar-refractivity contribution >= 4 is 33.6 Å². The lowest BCUT2D eigenvalue weighted by molar-refractivity contribution is 0.151. The molecule has 0 unspecified atom stereocenters. The quantitative estimate of drug-likeness (QED) is 0.214. The number of sulfonamides is 1. The van der Waals surface area contributed by atoms with Gasteiger partial charge in [0.25, 0.3) is 0 Å². The number of nitrogen functional groups attached to an aromatic ring is 1. The van der Waals surface area contributed by atoms with Crippen LogP contribution in [-0.4, -0.2) is 81.2 Å². The van der Waals surface area contributed by atoms with E-state index in [1.807, 2.05) is 38.1 Å². The maximum Gasteiger partial charge on any atom is 0.208 e. The number of anilines is 3. The molecule has 1 aromatic heterocycles. The average Bonchev–Trinajstić information content (AvgIpc) is 2.82. The van der Waals surface area contributed by atoms with E-state index in [2.05, 4.69) is 41.5 Å². The molecule has 1 fully saturated rings. The van der Waals surface area contributed by atoms with E-state index in [9.17, 15) is 8.42 Å². The Bertz CT molecular complexity index is 1150. The first-order valence-electron chi connectivity index (χ1n) is 11.6. The van der Waals surface area contributed by atoms with E-state index in [-0.39, 0.29) is 25.1 Å². The Kier molecular flexibility index (Phi) is 9.31. The Labute approximate surface area is 212 Å². The third kappa shape index (κ3) is 8.27. The van der Waals surface area contributed by atoms with Crippen LogP contribution in [0.15, 0.2) is 48.1 Å². The molecule has 0 amide bonds. The number of hydrogen-bond donors (Lipinski definition) is 3. The number of nitrogens with one attached hydrogen (secondary N) is 2. The fourth-order valence-electron chi connectivity index (χ4n) is 3.51. The molecular weight excluding hydrogens is 484 g/mol. The van der Waals surface area contributed by atoms with Crippen LogP contribution >= 0.6 is 0 Å². The van der Waals surface area contributed by atoms with Gasteiger partial charge < -0.3 is 30.4 Å². The van der Waals surface area contributed by atoms with E-state index < -0.39 is 10.0 Å². The molecule has 0 atom stereocenters. The summed E-state index contributed by atoms with van der Waals surface area (Å²) in [5, 5.41) is 7.25. The predicted molar refractivity (Wildman–Crippen MR) is 142 cm³/mol. The van der Waals surface area contributed by atoms with Crippen LogP contribution in [0.2, 0.25) is 0 Å². The maximum atomic E-state index is 11.1. The van der Waals surface area contributed by atoms with Crippen LogP contribution in [0.3, 0.4) is 0 Å². The molecule has 196 valence electrons. The summed E-state index contributed by atoms with van der Waals surface area (Å²) in [5.74, 6) is 2.57. The highest BCUT2D eigenvalue weighted by atomic mass is 32.2. The predicted octanol–water partition coefficient (Wildman–Crippen LogP) is 1.45. The second kappa shape index (κ2) is 12.4. The monoisotopic (exact) mass is 518 g/mol. The minimum Gasteiger partial charge on any atom is -0.491 e. The number of aromatic nitrogens is 2. The first-order chi connectivity index (χ1) is 17.1. The van der Waals surface area contributed by atoms with Crippen molar-refractivity contribution in [1.82, 2.24) is 19.6 Å². The summed E-state index contributed by atoms with van der Waals surface area (Å²) in [4.78, 5) is 17.9. The maximum absolute atomic E-state index is 11.1. The Morgan fingerprint density at radius 1 is 1.22 bits per heavy atom. The highest BCUT2D eigenvalue weighted by Crippen LogP contribution is 2.23. The lowest BCUT2D eigenvalue weighted by atomic mass is 10.2. The summed E-state index contributed by atoms with van der Waals surface area (Å²) >= 11 is 0. The summed E-state index contributed by atoms with van der Waals surface area (Å²) < 4.78 is 30.2. The van der Waals surface area contributed by atoms with Crippen molar-refractivity contribution in [1.29, 1.82) is 0 Å². The first kappa shape index (κ1) is 27.0. The molecule has 1 aliphatic heterocycles. The van der Waals surface area contributed by atoms with Crippen molar-refractivity contribution in [2.24, 2.45) is 5.16 Å². The van der Waals surface area contributed by atoms with Gasteiger partial charge in [0.1, 0.15) is 30.3 Å². The molecule has 1 saturated heterocycles. The molecular formula is C23H34N8O4S.